The number of thioether (sulfide) groups is 1. The van der Waals surface area contributed by atoms with Gasteiger partial charge in [0.2, 0.25) is 0 Å². The van der Waals surface area contributed by atoms with Crippen LogP contribution in [-0.2, 0) is 9.59 Å². The number of carbonyl (C=O) groups excluding carboxylic acids is 1. The predicted molar refractivity (Wildman–Crippen MR) is 86.5 cm³/mol. The van der Waals surface area contributed by atoms with Crippen LogP contribution in [0.1, 0.15) is 5.56 Å². The molecule has 1 saturated heterocycles. The molecule has 1 aromatic carbocycles. The van der Waals surface area contributed by atoms with E-state index < -0.39 is 24.5 Å². The molecule has 8 heteroatoms. The number of thiocarbonyl (C=S) groups is 1. The van der Waals surface area contributed by atoms with Gasteiger partial charge < -0.3 is 14.9 Å². The van der Waals surface area contributed by atoms with Crippen LogP contribution in [0.5, 0.6) is 5.75 Å². The lowest BCUT2D eigenvalue weighted by Crippen LogP contribution is -2.46. The molecule has 0 bridgehead atoms. The summed E-state index contributed by atoms with van der Waals surface area (Å²) in [5.41, 5.74) is 0.682. The minimum atomic E-state index is -1.38. The monoisotopic (exact) mass is 339 g/mol. The predicted octanol–water partition coefficient (Wildman–Crippen LogP) is 1.34. The molecule has 1 fully saturated rings. The van der Waals surface area contributed by atoms with Crippen LogP contribution in [0, 0.1) is 0 Å². The van der Waals surface area contributed by atoms with Crippen molar-refractivity contribution >= 4 is 46.3 Å². The van der Waals surface area contributed by atoms with E-state index in [4.69, 9.17) is 27.2 Å². The first-order valence-electron chi connectivity index (χ1n) is 6.23. The Morgan fingerprint density at radius 3 is 2.77 bits per heavy atom. The van der Waals surface area contributed by atoms with Gasteiger partial charge in [-0.05, 0) is 12.1 Å². The van der Waals surface area contributed by atoms with Crippen molar-refractivity contribution < 1.29 is 24.5 Å². The van der Waals surface area contributed by atoms with Crippen LogP contribution in [0.25, 0.3) is 6.08 Å². The molecule has 0 aliphatic carbocycles. The Balaban J connectivity index is 2.35. The Bertz CT molecular complexity index is 658. The number of rotatable bonds is 5. The van der Waals surface area contributed by atoms with E-state index in [0.29, 0.717) is 11.3 Å². The Labute approximate surface area is 136 Å². The molecule has 1 aliphatic heterocycles. The van der Waals surface area contributed by atoms with Crippen molar-refractivity contribution in [3.05, 3.63) is 34.7 Å². The summed E-state index contributed by atoms with van der Waals surface area (Å²) in [5, 5.41) is 18.2. The van der Waals surface area contributed by atoms with E-state index in [9.17, 15) is 9.59 Å². The Hall–Kier alpha value is -1.90. The number of aliphatic carboxylic acids is 1. The van der Waals surface area contributed by atoms with Crippen LogP contribution >= 0.6 is 24.0 Å². The zero-order chi connectivity index (χ0) is 16.3. The number of methoxy groups -OCH3 is 1. The highest BCUT2D eigenvalue weighted by Gasteiger charge is 2.40. The number of para-hydroxylation sites is 1. The van der Waals surface area contributed by atoms with Gasteiger partial charge in [0, 0.05) is 5.56 Å². The van der Waals surface area contributed by atoms with Crippen molar-refractivity contribution in [3.8, 4) is 5.75 Å². The van der Waals surface area contributed by atoms with Crippen molar-refractivity contribution in [2.45, 2.75) is 6.04 Å². The number of aliphatic hydroxyl groups is 1. The number of hydrogen-bond donors (Lipinski definition) is 2. The summed E-state index contributed by atoms with van der Waals surface area (Å²) < 4.78 is 5.31. The van der Waals surface area contributed by atoms with E-state index in [-0.39, 0.29) is 9.23 Å². The van der Waals surface area contributed by atoms with Crippen LogP contribution < -0.4 is 4.74 Å². The molecule has 2 rings (SSSR count). The highest BCUT2D eigenvalue weighted by Crippen LogP contribution is 2.35. The van der Waals surface area contributed by atoms with E-state index in [1.165, 1.54) is 7.11 Å². The van der Waals surface area contributed by atoms with Gasteiger partial charge in [-0.2, -0.15) is 0 Å². The van der Waals surface area contributed by atoms with E-state index in [2.05, 4.69) is 0 Å². The zero-order valence-electron chi connectivity index (χ0n) is 11.6. The molecular formula is C14H13NO5S2. The molecule has 1 heterocycles. The third-order valence-corrected chi connectivity index (χ3v) is 4.35. The van der Waals surface area contributed by atoms with Gasteiger partial charge in [-0.15, -0.1) is 0 Å². The van der Waals surface area contributed by atoms with E-state index in [1.807, 2.05) is 0 Å². The van der Waals surface area contributed by atoms with Gasteiger partial charge in [0.1, 0.15) is 10.1 Å². The molecule has 1 aromatic rings. The van der Waals surface area contributed by atoms with Crippen molar-refractivity contribution in [2.75, 3.05) is 13.7 Å². The standard InChI is InChI=1S/C14H13NO5S2/c1-20-10-5-3-2-4-8(10)6-11-12(17)15(14(21)22-11)9(7-16)13(18)19/h2-6,9,16H,7H2,1H3,(H,18,19)/b11-6-/t9-/m0/s1. The summed E-state index contributed by atoms with van der Waals surface area (Å²) in [5.74, 6) is -1.26. The van der Waals surface area contributed by atoms with Crippen LogP contribution in [0.15, 0.2) is 29.2 Å². The zero-order valence-corrected chi connectivity index (χ0v) is 13.2. The van der Waals surface area contributed by atoms with Crippen LogP contribution in [0.3, 0.4) is 0 Å². The smallest absolute Gasteiger partial charge is 0.329 e. The average molecular weight is 339 g/mol. The molecule has 1 amide bonds. The molecule has 0 spiro atoms. The van der Waals surface area contributed by atoms with Gasteiger partial charge in [0.05, 0.1) is 18.6 Å². The number of hydrogen-bond acceptors (Lipinski definition) is 6. The minimum Gasteiger partial charge on any atom is -0.496 e. The molecule has 1 atom stereocenters. The van der Waals surface area contributed by atoms with Crippen LogP contribution in [0.4, 0.5) is 0 Å². The van der Waals surface area contributed by atoms with Crippen molar-refractivity contribution in [3.63, 3.8) is 0 Å². The fourth-order valence-electron chi connectivity index (χ4n) is 1.95. The molecule has 0 saturated carbocycles. The largest absolute Gasteiger partial charge is 0.496 e. The maximum absolute atomic E-state index is 12.4. The van der Waals surface area contributed by atoms with Crippen molar-refractivity contribution in [2.24, 2.45) is 0 Å². The quantitative estimate of drug-likeness (QED) is 0.618. The number of carbonyl (C=O) groups is 2. The van der Waals surface area contributed by atoms with Gasteiger partial charge in [-0.3, -0.25) is 9.69 Å². The highest BCUT2D eigenvalue weighted by atomic mass is 32.2. The Morgan fingerprint density at radius 2 is 2.18 bits per heavy atom. The molecular weight excluding hydrogens is 326 g/mol. The second kappa shape index (κ2) is 6.91. The third kappa shape index (κ3) is 3.13. The summed E-state index contributed by atoms with van der Waals surface area (Å²) >= 11 is 6.05. The summed E-state index contributed by atoms with van der Waals surface area (Å²) in [7, 11) is 1.52. The number of carboxylic acid groups (broad SMARTS) is 1. The number of carboxylic acids is 1. The molecule has 1 aliphatic rings. The summed E-state index contributed by atoms with van der Waals surface area (Å²) in [6, 6.07) is 5.74. The molecule has 6 nitrogen and oxygen atoms in total. The average Bonchev–Trinajstić information content (AvgIpc) is 2.76. The maximum Gasteiger partial charge on any atom is 0.329 e. The molecule has 0 aromatic heterocycles. The SMILES string of the molecule is COc1ccccc1/C=C1\SC(=S)N([C@@H](CO)C(=O)O)C1=O. The number of benzene rings is 1. The van der Waals surface area contributed by atoms with Crippen molar-refractivity contribution in [1.82, 2.24) is 4.90 Å². The summed E-state index contributed by atoms with van der Waals surface area (Å²) in [6.45, 7) is -0.705. The summed E-state index contributed by atoms with van der Waals surface area (Å²) in [4.78, 5) is 24.7. The van der Waals surface area contributed by atoms with Gasteiger partial charge in [-0.1, -0.05) is 42.2 Å². The lowest BCUT2D eigenvalue weighted by Gasteiger charge is -2.20. The van der Waals surface area contributed by atoms with E-state index in [0.717, 1.165) is 16.7 Å². The number of ether oxygens (including phenoxy) is 1. The first kappa shape index (κ1) is 16.5. The van der Waals surface area contributed by atoms with Gasteiger partial charge in [0.25, 0.3) is 5.91 Å². The molecule has 22 heavy (non-hydrogen) atoms. The topological polar surface area (TPSA) is 87.1 Å². The highest BCUT2D eigenvalue weighted by molar-refractivity contribution is 8.26. The Kier molecular flexibility index (Phi) is 5.17. The fraction of sp³-hybridized carbons (Fsp3) is 0.214. The third-order valence-electron chi connectivity index (χ3n) is 3.02. The first-order valence-corrected chi connectivity index (χ1v) is 7.45. The van der Waals surface area contributed by atoms with Crippen LogP contribution in [-0.4, -0.2) is 51.1 Å². The van der Waals surface area contributed by atoms with E-state index in [1.54, 1.807) is 30.3 Å². The fourth-order valence-corrected chi connectivity index (χ4v) is 3.29. The second-order valence-corrected chi connectivity index (χ2v) is 6.01. The van der Waals surface area contributed by atoms with E-state index >= 15 is 0 Å². The Morgan fingerprint density at radius 1 is 1.50 bits per heavy atom. The number of aliphatic hydroxyl groups excluding tert-OH is 1. The first-order chi connectivity index (χ1) is 10.5. The molecule has 2 N–H and O–H groups in total. The van der Waals surface area contributed by atoms with Gasteiger partial charge in [0.15, 0.2) is 6.04 Å². The van der Waals surface area contributed by atoms with Crippen LogP contribution in [0.2, 0.25) is 0 Å². The minimum absolute atomic E-state index is 0.104. The maximum atomic E-state index is 12.4. The molecule has 0 radical (unpaired) electrons. The van der Waals surface area contributed by atoms with Gasteiger partial charge in [-0.25, -0.2) is 4.79 Å². The van der Waals surface area contributed by atoms with Crippen molar-refractivity contribution in [1.29, 1.82) is 0 Å². The summed E-state index contributed by atoms with van der Waals surface area (Å²) in [6.07, 6.45) is 1.59. The second-order valence-electron chi connectivity index (χ2n) is 4.33. The normalized spacial score (nSPS) is 17.9. The molecule has 116 valence electrons. The number of amides is 1. The van der Waals surface area contributed by atoms with Gasteiger partial charge >= 0.3 is 5.97 Å². The number of nitrogens with zero attached hydrogens (tertiary/aromatic N) is 1. The molecule has 0 unspecified atom stereocenters. The lowest BCUT2D eigenvalue weighted by atomic mass is 10.2. The lowest BCUT2D eigenvalue weighted by molar-refractivity contribution is -0.146.